The predicted octanol–water partition coefficient (Wildman–Crippen LogP) is 1.96. The van der Waals surface area contributed by atoms with Crippen molar-refractivity contribution in [2.24, 2.45) is 0 Å². The predicted molar refractivity (Wildman–Crippen MR) is 62.9 cm³/mol. The van der Waals surface area contributed by atoms with Gasteiger partial charge in [0, 0.05) is 11.8 Å². The summed E-state index contributed by atoms with van der Waals surface area (Å²) in [7, 11) is 0. The van der Waals surface area contributed by atoms with Crippen LogP contribution < -0.4 is 5.32 Å². The lowest BCUT2D eigenvalue weighted by Crippen LogP contribution is -2.22. The second kappa shape index (κ2) is 5.41. The van der Waals surface area contributed by atoms with Crippen LogP contribution in [0.4, 0.5) is 0 Å². The summed E-state index contributed by atoms with van der Waals surface area (Å²) in [6, 6.07) is 1.57. The van der Waals surface area contributed by atoms with Crippen LogP contribution in [0, 0.1) is 0 Å². The molecule has 2 heterocycles. The highest BCUT2D eigenvalue weighted by atomic mass is 32.2. The largest absolute Gasteiger partial charge is 0.478 e. The monoisotopic (exact) mass is 241 g/mol. The van der Waals surface area contributed by atoms with Crippen molar-refractivity contribution >= 4 is 17.7 Å². The highest BCUT2D eigenvalue weighted by molar-refractivity contribution is 8.00. The summed E-state index contributed by atoms with van der Waals surface area (Å²) in [6.07, 6.45) is 3.86. The summed E-state index contributed by atoms with van der Waals surface area (Å²) in [6.45, 7) is 1.57. The van der Waals surface area contributed by atoms with Gasteiger partial charge in [0.05, 0.1) is 12.1 Å². The van der Waals surface area contributed by atoms with Gasteiger partial charge in [0.2, 0.25) is 0 Å². The second-order valence-electron chi connectivity index (χ2n) is 3.87. The standard InChI is InChI=1S/C11H15NO3S/c13-11(14)8-4-9(15-7-8)5-12-6-10-2-1-3-16-10/h4,7,10,12H,1-3,5-6H2,(H,13,14). The van der Waals surface area contributed by atoms with Gasteiger partial charge in [0.1, 0.15) is 12.0 Å². The maximum absolute atomic E-state index is 10.6. The van der Waals surface area contributed by atoms with Gasteiger partial charge in [-0.3, -0.25) is 0 Å². The summed E-state index contributed by atoms with van der Waals surface area (Å²) in [5, 5.41) is 12.7. The van der Waals surface area contributed by atoms with Crippen molar-refractivity contribution in [2.75, 3.05) is 12.3 Å². The fourth-order valence-corrected chi connectivity index (χ4v) is 2.98. The number of rotatable bonds is 5. The smallest absolute Gasteiger partial charge is 0.338 e. The van der Waals surface area contributed by atoms with Crippen LogP contribution in [0.2, 0.25) is 0 Å². The molecule has 0 spiro atoms. The number of carbonyl (C=O) groups is 1. The number of carboxylic acid groups (broad SMARTS) is 1. The first kappa shape index (κ1) is 11.5. The third-order valence-corrected chi connectivity index (χ3v) is 3.99. The molecule has 4 nitrogen and oxygen atoms in total. The average Bonchev–Trinajstić information content (AvgIpc) is 2.87. The molecule has 1 aliphatic heterocycles. The Morgan fingerprint density at radius 3 is 3.19 bits per heavy atom. The Morgan fingerprint density at radius 2 is 2.56 bits per heavy atom. The van der Waals surface area contributed by atoms with Crippen LogP contribution in [0.15, 0.2) is 16.7 Å². The molecule has 0 radical (unpaired) electrons. The molecule has 5 heteroatoms. The van der Waals surface area contributed by atoms with Gasteiger partial charge in [0.15, 0.2) is 0 Å². The molecule has 1 aromatic heterocycles. The van der Waals surface area contributed by atoms with Gasteiger partial charge in [-0.1, -0.05) is 0 Å². The Morgan fingerprint density at radius 1 is 1.69 bits per heavy atom. The Hall–Kier alpha value is -0.940. The number of thioether (sulfide) groups is 1. The number of carboxylic acids is 1. The van der Waals surface area contributed by atoms with Gasteiger partial charge < -0.3 is 14.8 Å². The summed E-state index contributed by atoms with van der Waals surface area (Å²) in [5.41, 5.74) is 0.215. The Bertz CT molecular complexity index is 358. The van der Waals surface area contributed by atoms with Crippen LogP contribution in [0.5, 0.6) is 0 Å². The van der Waals surface area contributed by atoms with E-state index in [4.69, 9.17) is 9.52 Å². The number of furan rings is 1. The maximum Gasteiger partial charge on any atom is 0.338 e. The number of nitrogens with one attached hydrogen (secondary N) is 1. The minimum absolute atomic E-state index is 0.215. The molecule has 1 aliphatic rings. The first-order valence-electron chi connectivity index (χ1n) is 5.39. The molecule has 2 N–H and O–H groups in total. The quantitative estimate of drug-likeness (QED) is 0.825. The molecule has 1 unspecified atom stereocenters. The fraction of sp³-hybridized carbons (Fsp3) is 0.545. The van der Waals surface area contributed by atoms with Crippen LogP contribution in [0.3, 0.4) is 0 Å². The van der Waals surface area contributed by atoms with Crippen molar-refractivity contribution < 1.29 is 14.3 Å². The summed E-state index contributed by atoms with van der Waals surface area (Å²) in [4.78, 5) is 10.6. The highest BCUT2D eigenvalue weighted by Crippen LogP contribution is 2.25. The van der Waals surface area contributed by atoms with Crippen molar-refractivity contribution in [1.29, 1.82) is 0 Å². The number of hydrogen-bond donors (Lipinski definition) is 2. The van der Waals surface area contributed by atoms with E-state index in [0.717, 1.165) is 6.54 Å². The average molecular weight is 241 g/mol. The normalized spacial score (nSPS) is 20.1. The first-order chi connectivity index (χ1) is 7.75. The zero-order chi connectivity index (χ0) is 11.4. The lowest BCUT2D eigenvalue weighted by molar-refractivity contribution is 0.0696. The van der Waals surface area contributed by atoms with Crippen molar-refractivity contribution in [2.45, 2.75) is 24.6 Å². The van der Waals surface area contributed by atoms with E-state index >= 15 is 0 Å². The molecule has 1 saturated heterocycles. The van der Waals surface area contributed by atoms with Crippen molar-refractivity contribution in [3.05, 3.63) is 23.7 Å². The SMILES string of the molecule is O=C(O)c1coc(CNCC2CCCS2)c1. The molecule has 2 rings (SSSR count). The van der Waals surface area contributed by atoms with E-state index in [0.29, 0.717) is 17.6 Å². The van der Waals surface area contributed by atoms with E-state index < -0.39 is 5.97 Å². The minimum Gasteiger partial charge on any atom is -0.478 e. The molecule has 0 amide bonds. The molecule has 16 heavy (non-hydrogen) atoms. The first-order valence-corrected chi connectivity index (χ1v) is 6.43. The van der Waals surface area contributed by atoms with E-state index in [9.17, 15) is 4.79 Å². The van der Waals surface area contributed by atoms with Gasteiger partial charge in [-0.05, 0) is 24.7 Å². The lowest BCUT2D eigenvalue weighted by Gasteiger charge is -2.08. The van der Waals surface area contributed by atoms with Gasteiger partial charge in [-0.15, -0.1) is 0 Å². The zero-order valence-electron chi connectivity index (χ0n) is 8.94. The maximum atomic E-state index is 10.6. The van der Waals surface area contributed by atoms with E-state index in [1.165, 1.54) is 24.9 Å². The number of aromatic carboxylic acids is 1. The van der Waals surface area contributed by atoms with Crippen LogP contribution in [0.1, 0.15) is 29.0 Å². The van der Waals surface area contributed by atoms with Crippen LogP contribution in [-0.4, -0.2) is 28.6 Å². The van der Waals surface area contributed by atoms with E-state index in [2.05, 4.69) is 5.32 Å². The summed E-state index contributed by atoms with van der Waals surface area (Å²) in [5.74, 6) is 0.998. The molecule has 1 aromatic rings. The topological polar surface area (TPSA) is 62.5 Å². The molecular weight excluding hydrogens is 226 g/mol. The molecule has 88 valence electrons. The molecule has 0 saturated carbocycles. The van der Waals surface area contributed by atoms with Crippen LogP contribution in [0.25, 0.3) is 0 Å². The van der Waals surface area contributed by atoms with Gasteiger partial charge in [-0.2, -0.15) is 11.8 Å². The zero-order valence-corrected chi connectivity index (χ0v) is 9.76. The molecule has 0 bridgehead atoms. The number of hydrogen-bond acceptors (Lipinski definition) is 4. The van der Waals surface area contributed by atoms with Crippen LogP contribution >= 0.6 is 11.8 Å². The van der Waals surface area contributed by atoms with E-state index in [1.54, 1.807) is 6.07 Å². The molecule has 1 atom stereocenters. The Kier molecular flexibility index (Phi) is 3.90. The second-order valence-corrected chi connectivity index (χ2v) is 5.28. The van der Waals surface area contributed by atoms with E-state index in [-0.39, 0.29) is 5.56 Å². The summed E-state index contributed by atoms with van der Waals surface area (Å²) < 4.78 is 5.14. The summed E-state index contributed by atoms with van der Waals surface area (Å²) >= 11 is 2.00. The Labute approximate surface area is 98.4 Å². The molecular formula is C11H15NO3S. The lowest BCUT2D eigenvalue weighted by atomic mass is 10.2. The molecule has 0 aromatic carbocycles. The highest BCUT2D eigenvalue weighted by Gasteiger charge is 2.15. The third-order valence-electron chi connectivity index (χ3n) is 2.60. The Balaban J connectivity index is 1.74. The third kappa shape index (κ3) is 3.02. The van der Waals surface area contributed by atoms with Crippen molar-refractivity contribution in [3.63, 3.8) is 0 Å². The van der Waals surface area contributed by atoms with Gasteiger partial charge in [-0.25, -0.2) is 4.79 Å². The molecule has 1 fully saturated rings. The van der Waals surface area contributed by atoms with Crippen molar-refractivity contribution in [1.82, 2.24) is 5.32 Å². The van der Waals surface area contributed by atoms with Crippen molar-refractivity contribution in [3.8, 4) is 0 Å². The van der Waals surface area contributed by atoms with E-state index in [1.807, 2.05) is 11.8 Å². The molecule has 0 aliphatic carbocycles. The van der Waals surface area contributed by atoms with Gasteiger partial charge >= 0.3 is 5.97 Å². The minimum atomic E-state index is -0.943. The van der Waals surface area contributed by atoms with Gasteiger partial charge in [0.25, 0.3) is 0 Å². The van der Waals surface area contributed by atoms with Crippen LogP contribution in [-0.2, 0) is 6.54 Å². The fourth-order valence-electron chi connectivity index (χ4n) is 1.75.